The summed E-state index contributed by atoms with van der Waals surface area (Å²) in [6.07, 6.45) is 0. The number of benzene rings is 1. The fraction of sp³-hybridized carbons (Fsp3) is 0.417. The molecule has 98 valence electrons. The third-order valence-electron chi connectivity index (χ3n) is 2.66. The quantitative estimate of drug-likeness (QED) is 0.804. The summed E-state index contributed by atoms with van der Waals surface area (Å²) in [5.74, 6) is -1.13. The van der Waals surface area contributed by atoms with E-state index in [0.29, 0.717) is 0 Å². The van der Waals surface area contributed by atoms with Gasteiger partial charge in [-0.25, -0.2) is 9.18 Å². The number of fused-ring (bicyclic) bond motifs is 1. The minimum absolute atomic E-state index is 0.105. The standard InChI is InChI=1S/C12H13FO5/c1-12(5-14)6-17-9-4-8(13)7(11(15)16-2)3-10(9)18-12/h3-4,14H,5-6H2,1-2H3/t12-/m0/s1. The molecule has 2 rings (SSSR count). The Balaban J connectivity index is 2.41. The molecule has 5 nitrogen and oxygen atoms in total. The average Bonchev–Trinajstić information content (AvgIpc) is 2.38. The fourth-order valence-electron chi connectivity index (χ4n) is 1.60. The van der Waals surface area contributed by atoms with Gasteiger partial charge in [0.15, 0.2) is 17.1 Å². The molecule has 0 unspecified atom stereocenters. The maximum absolute atomic E-state index is 13.6. The molecule has 1 aliphatic heterocycles. The highest BCUT2D eigenvalue weighted by Gasteiger charge is 2.33. The highest BCUT2D eigenvalue weighted by Crippen LogP contribution is 2.37. The number of ether oxygens (including phenoxy) is 3. The third-order valence-corrected chi connectivity index (χ3v) is 2.66. The topological polar surface area (TPSA) is 65.0 Å². The van der Waals surface area contributed by atoms with Crippen LogP contribution in [0.1, 0.15) is 17.3 Å². The zero-order valence-electron chi connectivity index (χ0n) is 10.0. The SMILES string of the molecule is COC(=O)c1cc2c(cc1F)OC[C@](C)(CO)O2. The molecule has 0 amide bonds. The van der Waals surface area contributed by atoms with Crippen LogP contribution in [0.3, 0.4) is 0 Å². The summed E-state index contributed by atoms with van der Waals surface area (Å²) in [5.41, 5.74) is -1.14. The fourth-order valence-corrected chi connectivity index (χ4v) is 1.60. The normalized spacial score (nSPS) is 21.6. The Morgan fingerprint density at radius 3 is 2.89 bits per heavy atom. The summed E-state index contributed by atoms with van der Waals surface area (Å²) in [5, 5.41) is 9.18. The van der Waals surface area contributed by atoms with E-state index in [0.717, 1.165) is 13.2 Å². The molecule has 18 heavy (non-hydrogen) atoms. The number of methoxy groups -OCH3 is 1. The summed E-state index contributed by atoms with van der Waals surface area (Å²) in [4.78, 5) is 11.3. The Morgan fingerprint density at radius 2 is 2.28 bits per heavy atom. The van der Waals surface area contributed by atoms with Crippen LogP contribution in [0.5, 0.6) is 11.5 Å². The van der Waals surface area contributed by atoms with E-state index in [1.54, 1.807) is 6.92 Å². The van der Waals surface area contributed by atoms with Gasteiger partial charge in [-0.05, 0) is 6.92 Å². The lowest BCUT2D eigenvalue weighted by Crippen LogP contribution is -2.45. The highest BCUT2D eigenvalue weighted by molar-refractivity contribution is 5.90. The smallest absolute Gasteiger partial charge is 0.340 e. The largest absolute Gasteiger partial charge is 0.485 e. The summed E-state index contributed by atoms with van der Waals surface area (Å²) in [6, 6.07) is 2.28. The van der Waals surface area contributed by atoms with Gasteiger partial charge in [0, 0.05) is 12.1 Å². The van der Waals surface area contributed by atoms with E-state index in [1.165, 1.54) is 6.07 Å². The van der Waals surface area contributed by atoms with Crippen LogP contribution in [0.4, 0.5) is 4.39 Å². The molecule has 1 N–H and O–H groups in total. The number of halogens is 1. The molecular formula is C12H13FO5. The van der Waals surface area contributed by atoms with Gasteiger partial charge in [0.05, 0.1) is 19.3 Å². The van der Waals surface area contributed by atoms with Gasteiger partial charge in [-0.2, -0.15) is 0 Å². The van der Waals surface area contributed by atoms with Crippen molar-refractivity contribution >= 4 is 5.97 Å². The van der Waals surface area contributed by atoms with E-state index in [-0.39, 0.29) is 30.3 Å². The second-order valence-electron chi connectivity index (χ2n) is 4.27. The third kappa shape index (κ3) is 2.11. The molecule has 0 fully saturated rings. The van der Waals surface area contributed by atoms with Crippen molar-refractivity contribution in [3.63, 3.8) is 0 Å². The molecule has 1 aromatic rings. The van der Waals surface area contributed by atoms with Crippen molar-refractivity contribution in [2.75, 3.05) is 20.3 Å². The van der Waals surface area contributed by atoms with Crippen molar-refractivity contribution < 1.29 is 28.5 Å². The molecule has 0 aliphatic carbocycles. The Hall–Kier alpha value is -1.82. The Bertz CT molecular complexity index is 488. The molecular weight excluding hydrogens is 243 g/mol. The number of esters is 1. The summed E-state index contributed by atoms with van der Waals surface area (Å²) < 4.78 is 28.9. The molecule has 1 atom stereocenters. The lowest BCUT2D eigenvalue weighted by atomic mass is 10.1. The number of hydrogen-bond acceptors (Lipinski definition) is 5. The second-order valence-corrected chi connectivity index (χ2v) is 4.27. The summed E-state index contributed by atoms with van der Waals surface area (Å²) in [7, 11) is 1.16. The number of rotatable bonds is 2. The zero-order valence-corrected chi connectivity index (χ0v) is 10.0. The highest BCUT2D eigenvalue weighted by atomic mass is 19.1. The van der Waals surface area contributed by atoms with Gasteiger partial charge in [0.2, 0.25) is 0 Å². The van der Waals surface area contributed by atoms with Gasteiger partial charge in [-0.15, -0.1) is 0 Å². The van der Waals surface area contributed by atoms with Crippen LogP contribution >= 0.6 is 0 Å². The van der Waals surface area contributed by atoms with Gasteiger partial charge in [-0.1, -0.05) is 0 Å². The van der Waals surface area contributed by atoms with Crippen LogP contribution in [0.25, 0.3) is 0 Å². The van der Waals surface area contributed by atoms with Crippen LogP contribution < -0.4 is 9.47 Å². The lowest BCUT2D eigenvalue weighted by molar-refractivity contribution is -0.0339. The Morgan fingerprint density at radius 1 is 1.56 bits per heavy atom. The molecule has 0 bridgehead atoms. The first-order chi connectivity index (χ1) is 8.49. The van der Waals surface area contributed by atoms with E-state index < -0.39 is 17.4 Å². The number of carbonyl (C=O) groups is 1. The molecule has 0 aromatic heterocycles. The van der Waals surface area contributed by atoms with E-state index in [9.17, 15) is 14.3 Å². The van der Waals surface area contributed by atoms with Gasteiger partial charge in [0.25, 0.3) is 0 Å². The van der Waals surface area contributed by atoms with Gasteiger partial charge < -0.3 is 19.3 Å². The number of aliphatic hydroxyl groups excluding tert-OH is 1. The average molecular weight is 256 g/mol. The molecule has 1 aliphatic rings. The van der Waals surface area contributed by atoms with Crippen molar-refractivity contribution in [1.29, 1.82) is 0 Å². The predicted octanol–water partition coefficient (Wildman–Crippen LogP) is 1.13. The number of aliphatic hydroxyl groups is 1. The maximum Gasteiger partial charge on any atom is 0.340 e. The van der Waals surface area contributed by atoms with Crippen molar-refractivity contribution in [3.05, 3.63) is 23.5 Å². The molecule has 0 saturated carbocycles. The van der Waals surface area contributed by atoms with Crippen molar-refractivity contribution in [3.8, 4) is 11.5 Å². The number of hydrogen-bond donors (Lipinski definition) is 1. The van der Waals surface area contributed by atoms with Crippen LogP contribution in [0.15, 0.2) is 12.1 Å². The van der Waals surface area contributed by atoms with Crippen LogP contribution in [0.2, 0.25) is 0 Å². The summed E-state index contributed by atoms with van der Waals surface area (Å²) >= 11 is 0. The zero-order chi connectivity index (χ0) is 13.3. The van der Waals surface area contributed by atoms with Crippen LogP contribution in [-0.2, 0) is 4.74 Å². The Kier molecular flexibility index (Phi) is 3.13. The van der Waals surface area contributed by atoms with Crippen molar-refractivity contribution in [1.82, 2.24) is 0 Å². The summed E-state index contributed by atoms with van der Waals surface area (Å²) in [6.45, 7) is 1.50. The van der Waals surface area contributed by atoms with Crippen molar-refractivity contribution in [2.24, 2.45) is 0 Å². The molecule has 1 aromatic carbocycles. The minimum atomic E-state index is -0.905. The van der Waals surface area contributed by atoms with Crippen LogP contribution in [0, 0.1) is 5.82 Å². The first-order valence-electron chi connectivity index (χ1n) is 5.33. The molecule has 0 spiro atoms. The monoisotopic (exact) mass is 256 g/mol. The molecule has 1 heterocycles. The van der Waals surface area contributed by atoms with E-state index in [4.69, 9.17) is 9.47 Å². The van der Waals surface area contributed by atoms with Crippen molar-refractivity contribution in [2.45, 2.75) is 12.5 Å². The first kappa shape index (κ1) is 12.6. The number of carbonyl (C=O) groups excluding carboxylic acids is 1. The molecule has 0 radical (unpaired) electrons. The minimum Gasteiger partial charge on any atom is -0.485 e. The van der Waals surface area contributed by atoms with E-state index >= 15 is 0 Å². The van der Waals surface area contributed by atoms with Gasteiger partial charge in [0.1, 0.15) is 12.4 Å². The van der Waals surface area contributed by atoms with Gasteiger partial charge >= 0.3 is 5.97 Å². The molecule has 6 heteroatoms. The predicted molar refractivity (Wildman–Crippen MR) is 59.4 cm³/mol. The van der Waals surface area contributed by atoms with Crippen LogP contribution in [-0.4, -0.2) is 37.0 Å². The second kappa shape index (κ2) is 4.45. The first-order valence-corrected chi connectivity index (χ1v) is 5.33. The lowest BCUT2D eigenvalue weighted by Gasteiger charge is -2.34. The maximum atomic E-state index is 13.6. The van der Waals surface area contributed by atoms with E-state index in [2.05, 4.69) is 4.74 Å². The van der Waals surface area contributed by atoms with Gasteiger partial charge in [-0.3, -0.25) is 0 Å². The Labute approximate surface area is 103 Å². The molecule has 0 saturated heterocycles. The van der Waals surface area contributed by atoms with E-state index in [1.807, 2.05) is 0 Å².